The zero-order chi connectivity index (χ0) is 22.4. The fourth-order valence-corrected chi connectivity index (χ4v) is 4.73. The van der Waals surface area contributed by atoms with E-state index in [2.05, 4.69) is 15.2 Å². The molecule has 1 fully saturated rings. The predicted molar refractivity (Wildman–Crippen MR) is 125 cm³/mol. The standard InChI is InChI=1S/C21H26N4O4S2/c1-4-28-19(26)16-14(3)17(20(27)29-5-2)31-18(16)23-21(30)25-12-10-24(11-13-25)15-8-6-7-9-22-15/h6-9H,4-5,10-13H2,1-3H3,(H,23,30). The first kappa shape index (κ1) is 23.0. The van der Waals surface area contributed by atoms with Crippen molar-refractivity contribution in [3.8, 4) is 0 Å². The van der Waals surface area contributed by atoms with Gasteiger partial charge in [0.05, 0.1) is 18.8 Å². The van der Waals surface area contributed by atoms with Crippen molar-refractivity contribution < 1.29 is 19.1 Å². The molecule has 1 aliphatic heterocycles. The SMILES string of the molecule is CCOC(=O)c1sc(NC(=S)N2CCN(c3ccccn3)CC2)c(C(=O)OCC)c1C. The van der Waals surface area contributed by atoms with Crippen molar-refractivity contribution in [2.45, 2.75) is 20.8 Å². The molecule has 2 aromatic rings. The van der Waals surface area contributed by atoms with Gasteiger partial charge in [-0.05, 0) is 50.7 Å². The van der Waals surface area contributed by atoms with E-state index < -0.39 is 11.9 Å². The van der Waals surface area contributed by atoms with Crippen LogP contribution in [0.1, 0.15) is 39.4 Å². The maximum Gasteiger partial charge on any atom is 0.348 e. The summed E-state index contributed by atoms with van der Waals surface area (Å²) in [5.74, 6) is -0.00542. The number of ether oxygens (including phenoxy) is 2. The molecule has 0 radical (unpaired) electrons. The van der Waals surface area contributed by atoms with Gasteiger partial charge in [-0.15, -0.1) is 11.3 Å². The van der Waals surface area contributed by atoms with E-state index in [1.807, 2.05) is 23.1 Å². The Morgan fingerprint density at radius 1 is 1.13 bits per heavy atom. The quantitative estimate of drug-likeness (QED) is 0.513. The highest BCUT2D eigenvalue weighted by molar-refractivity contribution is 7.80. The van der Waals surface area contributed by atoms with Crippen LogP contribution in [0.5, 0.6) is 0 Å². The number of carbonyl (C=O) groups excluding carboxylic acids is 2. The van der Waals surface area contributed by atoms with Crippen molar-refractivity contribution in [2.24, 2.45) is 0 Å². The van der Waals surface area contributed by atoms with Crippen molar-refractivity contribution in [2.75, 3.05) is 49.6 Å². The Balaban J connectivity index is 1.73. The van der Waals surface area contributed by atoms with Gasteiger partial charge in [-0.3, -0.25) is 0 Å². The maximum atomic E-state index is 12.6. The molecule has 0 aliphatic carbocycles. The van der Waals surface area contributed by atoms with Gasteiger partial charge in [0.25, 0.3) is 0 Å². The number of pyridine rings is 1. The minimum absolute atomic E-state index is 0.238. The number of esters is 2. The van der Waals surface area contributed by atoms with E-state index in [1.54, 1.807) is 27.0 Å². The van der Waals surface area contributed by atoms with Crippen LogP contribution in [0.2, 0.25) is 0 Å². The molecular formula is C21H26N4O4S2. The number of anilines is 2. The normalized spacial score (nSPS) is 13.6. The minimum Gasteiger partial charge on any atom is -0.462 e. The first-order valence-corrected chi connectivity index (χ1v) is 11.4. The van der Waals surface area contributed by atoms with Crippen LogP contribution in [0.3, 0.4) is 0 Å². The third-order valence-electron chi connectivity index (χ3n) is 4.85. The van der Waals surface area contributed by atoms with Crippen LogP contribution >= 0.6 is 23.6 Å². The van der Waals surface area contributed by atoms with Gasteiger partial charge < -0.3 is 24.6 Å². The van der Waals surface area contributed by atoms with E-state index in [4.69, 9.17) is 21.7 Å². The lowest BCUT2D eigenvalue weighted by Gasteiger charge is -2.36. The maximum absolute atomic E-state index is 12.6. The molecule has 8 nitrogen and oxygen atoms in total. The van der Waals surface area contributed by atoms with Gasteiger partial charge in [0.2, 0.25) is 0 Å². The summed E-state index contributed by atoms with van der Waals surface area (Å²) in [6.07, 6.45) is 1.78. The summed E-state index contributed by atoms with van der Waals surface area (Å²) >= 11 is 6.77. The lowest BCUT2D eigenvalue weighted by molar-refractivity contribution is 0.0527. The van der Waals surface area contributed by atoms with Crippen LogP contribution in [-0.2, 0) is 9.47 Å². The van der Waals surface area contributed by atoms with Crippen LogP contribution in [0.4, 0.5) is 10.8 Å². The zero-order valence-corrected chi connectivity index (χ0v) is 19.5. The van der Waals surface area contributed by atoms with Crippen molar-refractivity contribution in [1.82, 2.24) is 9.88 Å². The van der Waals surface area contributed by atoms with Crippen molar-refractivity contribution in [3.63, 3.8) is 0 Å². The van der Waals surface area contributed by atoms with Gasteiger partial charge in [0.1, 0.15) is 15.7 Å². The van der Waals surface area contributed by atoms with E-state index in [-0.39, 0.29) is 13.2 Å². The van der Waals surface area contributed by atoms with Gasteiger partial charge in [-0.1, -0.05) is 6.07 Å². The molecule has 0 saturated carbocycles. The third-order valence-corrected chi connectivity index (χ3v) is 6.40. The van der Waals surface area contributed by atoms with Crippen LogP contribution in [-0.4, -0.2) is 66.3 Å². The van der Waals surface area contributed by atoms with E-state index in [9.17, 15) is 9.59 Å². The summed E-state index contributed by atoms with van der Waals surface area (Å²) in [6, 6.07) is 5.86. The molecule has 1 aliphatic rings. The Kier molecular flexibility index (Phi) is 7.80. The highest BCUT2D eigenvalue weighted by atomic mass is 32.1. The summed E-state index contributed by atoms with van der Waals surface area (Å²) in [5.41, 5.74) is 0.858. The average Bonchev–Trinajstić information content (AvgIpc) is 3.10. The van der Waals surface area contributed by atoms with E-state index in [1.165, 1.54) is 0 Å². The van der Waals surface area contributed by atoms with Crippen LogP contribution in [0.15, 0.2) is 24.4 Å². The predicted octanol–water partition coefficient (Wildman–Crippen LogP) is 3.32. The lowest BCUT2D eigenvalue weighted by atomic mass is 10.1. The molecule has 0 aromatic carbocycles. The number of rotatable bonds is 6. The fourth-order valence-electron chi connectivity index (χ4n) is 3.30. The number of nitrogens with zero attached hydrogens (tertiary/aromatic N) is 3. The number of piperazine rings is 1. The monoisotopic (exact) mass is 462 g/mol. The van der Waals surface area contributed by atoms with Gasteiger partial charge in [-0.2, -0.15) is 0 Å². The zero-order valence-electron chi connectivity index (χ0n) is 17.8. The molecule has 3 heterocycles. The number of hydrogen-bond acceptors (Lipinski definition) is 8. The molecule has 0 unspecified atom stereocenters. The van der Waals surface area contributed by atoms with Gasteiger partial charge >= 0.3 is 11.9 Å². The summed E-state index contributed by atoms with van der Waals surface area (Å²) < 4.78 is 10.3. The summed E-state index contributed by atoms with van der Waals surface area (Å²) in [5, 5.41) is 4.16. The molecule has 10 heteroatoms. The largest absolute Gasteiger partial charge is 0.462 e. The summed E-state index contributed by atoms with van der Waals surface area (Å²) in [6.45, 7) is 8.68. The first-order valence-electron chi connectivity index (χ1n) is 10.2. The number of aromatic nitrogens is 1. The van der Waals surface area contributed by atoms with Gasteiger partial charge in [-0.25, -0.2) is 14.6 Å². The van der Waals surface area contributed by atoms with Gasteiger partial charge in [0, 0.05) is 32.4 Å². The second-order valence-corrected chi connectivity index (χ2v) is 8.20. The second-order valence-electron chi connectivity index (χ2n) is 6.79. The molecule has 31 heavy (non-hydrogen) atoms. The Morgan fingerprint density at radius 2 is 1.81 bits per heavy atom. The number of thiocarbonyl (C=S) groups is 1. The molecule has 0 atom stereocenters. The average molecular weight is 463 g/mol. The Hall–Kier alpha value is -2.72. The first-order chi connectivity index (χ1) is 15.0. The summed E-state index contributed by atoms with van der Waals surface area (Å²) in [4.78, 5) is 33.9. The van der Waals surface area contributed by atoms with E-state index in [0.717, 1.165) is 30.2 Å². The number of carbonyl (C=O) groups is 2. The van der Waals surface area contributed by atoms with Crippen LogP contribution in [0.25, 0.3) is 0 Å². The number of hydrogen-bond donors (Lipinski definition) is 1. The molecule has 3 rings (SSSR count). The molecule has 0 spiro atoms. The smallest absolute Gasteiger partial charge is 0.348 e. The van der Waals surface area contributed by atoms with Crippen LogP contribution < -0.4 is 10.2 Å². The highest BCUT2D eigenvalue weighted by Crippen LogP contribution is 2.34. The van der Waals surface area contributed by atoms with Crippen molar-refractivity contribution >= 4 is 51.4 Å². The Morgan fingerprint density at radius 3 is 2.42 bits per heavy atom. The lowest BCUT2D eigenvalue weighted by Crippen LogP contribution is -2.50. The molecule has 0 bridgehead atoms. The van der Waals surface area contributed by atoms with Crippen LogP contribution in [0, 0.1) is 6.92 Å². The molecule has 1 N–H and O–H groups in total. The molecule has 166 valence electrons. The topological polar surface area (TPSA) is 84.0 Å². The highest BCUT2D eigenvalue weighted by Gasteiger charge is 2.28. The van der Waals surface area contributed by atoms with Crippen molar-refractivity contribution in [3.05, 3.63) is 40.4 Å². The molecule has 1 saturated heterocycles. The molecule has 0 amide bonds. The Labute approximate surface area is 191 Å². The Bertz CT molecular complexity index is 940. The molecule has 2 aromatic heterocycles. The number of thiophene rings is 1. The fraction of sp³-hybridized carbons (Fsp3) is 0.429. The molecular weight excluding hydrogens is 436 g/mol. The minimum atomic E-state index is -0.489. The van der Waals surface area contributed by atoms with E-state index >= 15 is 0 Å². The van der Waals surface area contributed by atoms with Gasteiger partial charge in [0.15, 0.2) is 5.11 Å². The summed E-state index contributed by atoms with van der Waals surface area (Å²) in [7, 11) is 0. The second kappa shape index (κ2) is 10.5. The number of nitrogens with one attached hydrogen (secondary N) is 1. The van der Waals surface area contributed by atoms with Crippen molar-refractivity contribution in [1.29, 1.82) is 0 Å². The van der Waals surface area contributed by atoms with E-state index in [0.29, 0.717) is 39.2 Å². The third kappa shape index (κ3) is 5.31.